The van der Waals surface area contributed by atoms with Crippen molar-refractivity contribution in [2.75, 3.05) is 13.1 Å². The van der Waals surface area contributed by atoms with Gasteiger partial charge in [0.1, 0.15) is 5.82 Å². The van der Waals surface area contributed by atoms with Gasteiger partial charge in [0.2, 0.25) is 0 Å². The van der Waals surface area contributed by atoms with E-state index < -0.39 is 0 Å². The number of piperidine rings is 1. The number of hydrogen-bond acceptors (Lipinski definition) is 3. The van der Waals surface area contributed by atoms with Gasteiger partial charge in [-0.3, -0.25) is 4.40 Å². The maximum atomic E-state index is 4.62. The minimum atomic E-state index is 0. The van der Waals surface area contributed by atoms with Crippen LogP contribution in [0.3, 0.4) is 0 Å². The van der Waals surface area contributed by atoms with Gasteiger partial charge in [-0.25, -0.2) is 9.97 Å². The molecule has 0 spiro atoms. The molecule has 1 saturated heterocycles. The summed E-state index contributed by atoms with van der Waals surface area (Å²) in [5.41, 5.74) is 3.11. The largest absolute Gasteiger partial charge is 0.345 e. The molecular weight excluding hydrogens is 262 g/mol. The molecule has 0 radical (unpaired) electrons. The van der Waals surface area contributed by atoms with E-state index in [1.54, 1.807) is 0 Å². The summed E-state index contributed by atoms with van der Waals surface area (Å²) < 4.78 is 2.23. The van der Waals surface area contributed by atoms with Crippen LogP contribution in [0.4, 0.5) is 0 Å². The maximum Gasteiger partial charge on any atom is 0.154 e. The zero-order valence-electron chi connectivity index (χ0n) is 10.5. The Labute approximate surface area is 116 Å². The van der Waals surface area contributed by atoms with E-state index >= 15 is 0 Å². The molecule has 2 N–H and O–H groups in total. The highest BCUT2D eigenvalue weighted by atomic mass is 35.5. The number of H-pyrrole nitrogens is 1. The van der Waals surface area contributed by atoms with Crippen LogP contribution < -0.4 is 5.32 Å². The number of nitrogens with zero attached hydrogens (tertiary/aromatic N) is 3. The fourth-order valence-electron chi connectivity index (χ4n) is 2.86. The maximum absolute atomic E-state index is 4.62. The van der Waals surface area contributed by atoms with Gasteiger partial charge in [0.25, 0.3) is 0 Å². The summed E-state index contributed by atoms with van der Waals surface area (Å²) in [5.74, 6) is 1.66. The molecule has 19 heavy (non-hydrogen) atoms. The first-order valence-electron chi connectivity index (χ1n) is 6.43. The van der Waals surface area contributed by atoms with Gasteiger partial charge in [0.05, 0.1) is 23.4 Å². The van der Waals surface area contributed by atoms with Crippen LogP contribution in [0.2, 0.25) is 0 Å². The van der Waals surface area contributed by atoms with Gasteiger partial charge in [-0.1, -0.05) is 0 Å². The molecule has 0 unspecified atom stereocenters. The highest BCUT2D eigenvalue weighted by Gasteiger charge is 2.20. The second kappa shape index (κ2) is 4.83. The minimum absolute atomic E-state index is 0. The van der Waals surface area contributed by atoms with Gasteiger partial charge in [-0.2, -0.15) is 0 Å². The van der Waals surface area contributed by atoms with E-state index in [1.807, 2.05) is 18.6 Å². The van der Waals surface area contributed by atoms with Crippen molar-refractivity contribution >= 4 is 29.1 Å². The van der Waals surface area contributed by atoms with Crippen molar-refractivity contribution in [2.45, 2.75) is 18.8 Å². The zero-order chi connectivity index (χ0) is 11.9. The Morgan fingerprint density at radius 3 is 3.00 bits per heavy atom. The summed E-state index contributed by atoms with van der Waals surface area (Å²) in [6, 6.07) is 2.07. The average molecular weight is 278 g/mol. The van der Waals surface area contributed by atoms with Crippen molar-refractivity contribution in [2.24, 2.45) is 0 Å². The lowest BCUT2D eigenvalue weighted by molar-refractivity contribution is 0.446. The number of halogens is 1. The number of hydrogen-bond donors (Lipinski definition) is 2. The van der Waals surface area contributed by atoms with E-state index in [0.29, 0.717) is 5.92 Å². The van der Waals surface area contributed by atoms with Crippen LogP contribution in [0.1, 0.15) is 24.6 Å². The molecule has 0 saturated carbocycles. The smallest absolute Gasteiger partial charge is 0.154 e. The Kier molecular flexibility index (Phi) is 3.16. The molecule has 5 nitrogen and oxygen atoms in total. The van der Waals surface area contributed by atoms with Crippen LogP contribution in [0.25, 0.3) is 16.7 Å². The molecule has 1 fully saturated rings. The highest BCUT2D eigenvalue weighted by Crippen LogP contribution is 2.25. The van der Waals surface area contributed by atoms with E-state index in [4.69, 9.17) is 0 Å². The lowest BCUT2D eigenvalue weighted by Crippen LogP contribution is -2.29. The Hall–Kier alpha value is -1.59. The average Bonchev–Trinajstić information content (AvgIpc) is 3.05. The van der Waals surface area contributed by atoms with Crippen LogP contribution in [0.15, 0.2) is 24.7 Å². The molecule has 100 valence electrons. The molecule has 1 atom stereocenters. The third-order valence-electron chi connectivity index (χ3n) is 3.75. The van der Waals surface area contributed by atoms with Gasteiger partial charge in [-0.15, -0.1) is 12.4 Å². The van der Waals surface area contributed by atoms with Crippen LogP contribution >= 0.6 is 12.4 Å². The first-order chi connectivity index (χ1) is 8.93. The fourth-order valence-corrected chi connectivity index (χ4v) is 2.86. The number of imidazole rings is 1. The van der Waals surface area contributed by atoms with E-state index in [0.717, 1.165) is 35.6 Å². The van der Waals surface area contributed by atoms with E-state index in [1.165, 1.54) is 12.8 Å². The van der Waals surface area contributed by atoms with Crippen molar-refractivity contribution in [3.63, 3.8) is 0 Å². The number of aromatic nitrogens is 4. The topological polar surface area (TPSA) is 58.0 Å². The van der Waals surface area contributed by atoms with E-state index in [2.05, 4.69) is 30.7 Å². The fraction of sp³-hybridized carbons (Fsp3) is 0.385. The van der Waals surface area contributed by atoms with Gasteiger partial charge in [-0.05, 0) is 25.5 Å². The summed E-state index contributed by atoms with van der Waals surface area (Å²) in [6.45, 7) is 2.15. The molecule has 4 heterocycles. The van der Waals surface area contributed by atoms with Gasteiger partial charge >= 0.3 is 0 Å². The SMILES string of the molecule is Cl.c1cc2c(ncc3cnc([C@@H]4CCCNC4)n32)[nH]1. The zero-order valence-corrected chi connectivity index (χ0v) is 11.3. The van der Waals surface area contributed by atoms with Gasteiger partial charge in [0, 0.05) is 18.7 Å². The highest BCUT2D eigenvalue weighted by molar-refractivity contribution is 5.85. The third-order valence-corrected chi connectivity index (χ3v) is 3.75. The number of nitrogens with one attached hydrogen (secondary N) is 2. The number of aromatic amines is 1. The van der Waals surface area contributed by atoms with Crippen LogP contribution in [-0.2, 0) is 0 Å². The summed E-state index contributed by atoms with van der Waals surface area (Å²) in [4.78, 5) is 12.2. The third kappa shape index (κ3) is 1.89. The monoisotopic (exact) mass is 277 g/mol. The number of fused-ring (bicyclic) bond motifs is 3. The first kappa shape index (κ1) is 12.4. The van der Waals surface area contributed by atoms with Gasteiger partial charge < -0.3 is 10.3 Å². The van der Waals surface area contributed by atoms with Crippen molar-refractivity contribution in [3.05, 3.63) is 30.5 Å². The minimum Gasteiger partial charge on any atom is -0.345 e. The van der Waals surface area contributed by atoms with Crippen molar-refractivity contribution < 1.29 is 0 Å². The molecule has 1 aliphatic rings. The summed E-state index contributed by atoms with van der Waals surface area (Å²) in [5, 5.41) is 3.45. The van der Waals surface area contributed by atoms with E-state index in [-0.39, 0.29) is 12.4 Å². The lowest BCUT2D eigenvalue weighted by Gasteiger charge is -2.21. The van der Waals surface area contributed by atoms with Crippen molar-refractivity contribution in [1.82, 2.24) is 24.7 Å². The predicted molar refractivity (Wildman–Crippen MR) is 76.9 cm³/mol. The second-order valence-corrected chi connectivity index (χ2v) is 4.89. The van der Waals surface area contributed by atoms with Crippen LogP contribution in [-0.4, -0.2) is 32.4 Å². The normalized spacial score (nSPS) is 19.7. The lowest BCUT2D eigenvalue weighted by atomic mass is 9.99. The molecule has 0 amide bonds. The Bertz CT molecular complexity index is 695. The Morgan fingerprint density at radius 2 is 2.16 bits per heavy atom. The van der Waals surface area contributed by atoms with Crippen LogP contribution in [0, 0.1) is 0 Å². The molecule has 3 aromatic rings. The van der Waals surface area contributed by atoms with E-state index in [9.17, 15) is 0 Å². The molecule has 6 heteroatoms. The van der Waals surface area contributed by atoms with Crippen molar-refractivity contribution in [1.29, 1.82) is 0 Å². The molecule has 1 aliphatic heterocycles. The summed E-state index contributed by atoms with van der Waals surface area (Å²) >= 11 is 0. The standard InChI is InChI=1S/C13H15N5.ClH/c1-2-9(6-14-4-1)13-17-8-10-7-16-12-11(18(10)13)3-5-15-12;/h3,5,7-9,14-15H,1-2,4,6H2;1H/t9-;/m1./s1. The molecule has 0 aromatic carbocycles. The Balaban J connectivity index is 0.00000110. The summed E-state index contributed by atoms with van der Waals surface area (Å²) in [6.07, 6.45) is 8.16. The first-order valence-corrected chi connectivity index (χ1v) is 6.43. The predicted octanol–water partition coefficient (Wildman–Crippen LogP) is 2.10. The molecular formula is C13H16ClN5. The molecule has 3 aromatic heterocycles. The molecule has 0 aliphatic carbocycles. The Morgan fingerprint density at radius 1 is 1.26 bits per heavy atom. The second-order valence-electron chi connectivity index (χ2n) is 4.89. The van der Waals surface area contributed by atoms with Gasteiger partial charge in [0.15, 0.2) is 5.65 Å². The summed E-state index contributed by atoms with van der Waals surface area (Å²) in [7, 11) is 0. The van der Waals surface area contributed by atoms with Crippen molar-refractivity contribution in [3.8, 4) is 0 Å². The van der Waals surface area contributed by atoms with Crippen LogP contribution in [0.5, 0.6) is 0 Å². The number of rotatable bonds is 1. The quantitative estimate of drug-likeness (QED) is 0.716. The molecule has 4 rings (SSSR count). The molecule has 0 bridgehead atoms.